The molecule has 2 aliphatic rings. The fourth-order valence-electron chi connectivity index (χ4n) is 3.16. The highest BCUT2D eigenvalue weighted by Crippen LogP contribution is 2.37. The van der Waals surface area contributed by atoms with Crippen molar-refractivity contribution in [2.75, 3.05) is 13.1 Å². The molecule has 0 bridgehead atoms. The van der Waals surface area contributed by atoms with Crippen LogP contribution in [0.5, 0.6) is 0 Å². The number of fused-ring (bicyclic) bond motifs is 1. The zero-order valence-corrected chi connectivity index (χ0v) is 11.2. The number of carbonyl (C=O) groups excluding carboxylic acids is 1. The summed E-state index contributed by atoms with van der Waals surface area (Å²) in [4.78, 5) is 14.1. The van der Waals surface area contributed by atoms with Gasteiger partial charge in [0, 0.05) is 24.8 Å². The molecule has 5 nitrogen and oxygen atoms in total. The number of nitrogens with one attached hydrogen (secondary N) is 1. The molecule has 18 heavy (non-hydrogen) atoms. The number of H-pyrrole nitrogens is 1. The van der Waals surface area contributed by atoms with E-state index in [0.717, 1.165) is 31.6 Å². The normalized spacial score (nSPS) is 30.1. The summed E-state index contributed by atoms with van der Waals surface area (Å²) in [5, 5.41) is 6.84. The number of halogens is 1. The van der Waals surface area contributed by atoms with Crippen LogP contribution in [0.25, 0.3) is 0 Å². The number of aromatic nitrogens is 2. The summed E-state index contributed by atoms with van der Waals surface area (Å²) in [5.41, 5.74) is 7.51. The summed E-state index contributed by atoms with van der Waals surface area (Å²) < 4.78 is 0. The van der Waals surface area contributed by atoms with Crippen molar-refractivity contribution in [3.05, 3.63) is 17.5 Å². The number of amides is 1. The fraction of sp³-hybridized carbons (Fsp3) is 0.667. The van der Waals surface area contributed by atoms with E-state index in [0.29, 0.717) is 17.5 Å². The number of aromatic amines is 1. The van der Waals surface area contributed by atoms with Gasteiger partial charge < -0.3 is 10.6 Å². The number of rotatable bonds is 1. The molecule has 3 atom stereocenters. The van der Waals surface area contributed by atoms with Crippen LogP contribution in [0, 0.1) is 18.8 Å². The molecule has 6 heteroatoms. The third-order valence-electron chi connectivity index (χ3n) is 4.12. The molecule has 1 aromatic heterocycles. The molecule has 3 rings (SSSR count). The van der Waals surface area contributed by atoms with Gasteiger partial charge in [0.05, 0.1) is 0 Å². The molecule has 2 heterocycles. The Hall–Kier alpha value is -1.07. The van der Waals surface area contributed by atoms with E-state index in [1.54, 1.807) is 6.07 Å². The first-order valence-electron chi connectivity index (χ1n) is 6.22. The van der Waals surface area contributed by atoms with Crippen LogP contribution in [0.15, 0.2) is 6.07 Å². The van der Waals surface area contributed by atoms with Crippen molar-refractivity contribution in [2.24, 2.45) is 17.6 Å². The summed E-state index contributed by atoms with van der Waals surface area (Å²) in [6.45, 7) is 3.55. The van der Waals surface area contributed by atoms with Crippen molar-refractivity contribution in [1.29, 1.82) is 0 Å². The summed E-state index contributed by atoms with van der Waals surface area (Å²) in [6.07, 6.45) is 2.27. The van der Waals surface area contributed by atoms with Crippen molar-refractivity contribution < 1.29 is 4.79 Å². The third-order valence-corrected chi connectivity index (χ3v) is 4.12. The number of nitrogens with zero attached hydrogens (tertiary/aromatic N) is 2. The molecule has 1 aliphatic carbocycles. The van der Waals surface area contributed by atoms with Gasteiger partial charge in [0.15, 0.2) is 0 Å². The average Bonchev–Trinajstić information content (AvgIpc) is 2.96. The van der Waals surface area contributed by atoms with Gasteiger partial charge in [-0.1, -0.05) is 0 Å². The number of hydrogen-bond donors (Lipinski definition) is 2. The number of hydrogen-bond acceptors (Lipinski definition) is 3. The van der Waals surface area contributed by atoms with Crippen LogP contribution in [0.3, 0.4) is 0 Å². The molecule has 3 N–H and O–H groups in total. The van der Waals surface area contributed by atoms with E-state index in [1.807, 2.05) is 11.8 Å². The number of likely N-dealkylation sites (tertiary alicyclic amines) is 1. The molecule has 100 valence electrons. The van der Waals surface area contributed by atoms with Gasteiger partial charge in [-0.2, -0.15) is 5.10 Å². The van der Waals surface area contributed by atoms with Gasteiger partial charge in [0.25, 0.3) is 5.91 Å². The van der Waals surface area contributed by atoms with Gasteiger partial charge in [0.1, 0.15) is 5.69 Å². The molecular formula is C12H19ClN4O. The predicted molar refractivity (Wildman–Crippen MR) is 70.7 cm³/mol. The quantitative estimate of drug-likeness (QED) is 0.798. The molecule has 0 spiro atoms. The van der Waals surface area contributed by atoms with Crippen LogP contribution in [0.2, 0.25) is 0 Å². The fourth-order valence-corrected chi connectivity index (χ4v) is 3.16. The van der Waals surface area contributed by atoms with Crippen LogP contribution in [-0.2, 0) is 0 Å². The van der Waals surface area contributed by atoms with Gasteiger partial charge >= 0.3 is 0 Å². The number of nitrogens with two attached hydrogens (primary N) is 1. The van der Waals surface area contributed by atoms with Gasteiger partial charge in [0.2, 0.25) is 0 Å². The Morgan fingerprint density at radius 2 is 2.28 bits per heavy atom. The highest BCUT2D eigenvalue weighted by atomic mass is 35.5. The van der Waals surface area contributed by atoms with Crippen LogP contribution in [-0.4, -0.2) is 40.1 Å². The van der Waals surface area contributed by atoms with E-state index in [4.69, 9.17) is 5.73 Å². The Kier molecular flexibility index (Phi) is 3.64. The standard InChI is InChI=1S/C12H18N4O.ClH/c1-7-4-11(15-14-7)12(17)16-5-8-2-3-10(13)9(8)6-16;/h4,8-10H,2-3,5-6,13H2,1H3,(H,14,15);1H. The molecule has 1 aromatic rings. The Morgan fingerprint density at radius 3 is 2.89 bits per heavy atom. The Balaban J connectivity index is 0.00000120. The maximum atomic E-state index is 12.2. The van der Waals surface area contributed by atoms with Crippen molar-refractivity contribution in [1.82, 2.24) is 15.1 Å². The molecule has 2 fully saturated rings. The molecule has 0 radical (unpaired) electrons. The van der Waals surface area contributed by atoms with Gasteiger partial charge in [-0.25, -0.2) is 0 Å². The molecule has 1 aliphatic heterocycles. The average molecular weight is 271 g/mol. The third kappa shape index (κ3) is 2.12. The molecule has 1 amide bonds. The van der Waals surface area contributed by atoms with Crippen molar-refractivity contribution in [2.45, 2.75) is 25.8 Å². The molecule has 1 saturated carbocycles. The maximum absolute atomic E-state index is 12.2. The Morgan fingerprint density at radius 1 is 1.50 bits per heavy atom. The largest absolute Gasteiger partial charge is 0.337 e. The van der Waals surface area contributed by atoms with Gasteiger partial charge in [-0.15, -0.1) is 12.4 Å². The summed E-state index contributed by atoms with van der Waals surface area (Å²) >= 11 is 0. The Bertz CT molecular complexity index is 447. The monoisotopic (exact) mass is 270 g/mol. The van der Waals surface area contributed by atoms with E-state index in [9.17, 15) is 4.79 Å². The second-order valence-corrected chi connectivity index (χ2v) is 5.31. The first-order chi connectivity index (χ1) is 8.15. The first-order valence-corrected chi connectivity index (χ1v) is 6.22. The highest BCUT2D eigenvalue weighted by Gasteiger charge is 2.42. The van der Waals surface area contributed by atoms with Crippen LogP contribution in [0.1, 0.15) is 29.0 Å². The smallest absolute Gasteiger partial charge is 0.274 e. The lowest BCUT2D eigenvalue weighted by atomic mass is 9.98. The molecule has 1 saturated heterocycles. The zero-order valence-electron chi connectivity index (χ0n) is 10.4. The minimum Gasteiger partial charge on any atom is -0.337 e. The van der Waals surface area contributed by atoms with Crippen LogP contribution < -0.4 is 5.73 Å². The maximum Gasteiger partial charge on any atom is 0.274 e. The molecule has 0 aromatic carbocycles. The lowest BCUT2D eigenvalue weighted by Crippen LogP contribution is -2.33. The van der Waals surface area contributed by atoms with Crippen molar-refractivity contribution >= 4 is 18.3 Å². The Labute approximate surface area is 113 Å². The SMILES string of the molecule is Cc1cc(C(=O)N2CC3CCC(N)C3C2)n[nH]1.Cl. The predicted octanol–water partition coefficient (Wildman–Crippen LogP) is 0.949. The van der Waals surface area contributed by atoms with E-state index in [1.165, 1.54) is 0 Å². The van der Waals surface area contributed by atoms with E-state index >= 15 is 0 Å². The second kappa shape index (κ2) is 4.90. The lowest BCUT2D eigenvalue weighted by Gasteiger charge is -2.17. The lowest BCUT2D eigenvalue weighted by molar-refractivity contribution is 0.0773. The van der Waals surface area contributed by atoms with E-state index in [2.05, 4.69) is 10.2 Å². The van der Waals surface area contributed by atoms with E-state index in [-0.39, 0.29) is 24.4 Å². The second-order valence-electron chi connectivity index (χ2n) is 5.31. The molecule has 3 unspecified atom stereocenters. The minimum atomic E-state index is 0. The molecular weight excluding hydrogens is 252 g/mol. The summed E-state index contributed by atoms with van der Waals surface area (Å²) in [6, 6.07) is 2.08. The minimum absolute atomic E-state index is 0. The van der Waals surface area contributed by atoms with Gasteiger partial charge in [-0.3, -0.25) is 9.89 Å². The zero-order chi connectivity index (χ0) is 12.0. The number of aryl methyl sites for hydroxylation is 1. The van der Waals surface area contributed by atoms with Crippen molar-refractivity contribution in [3.63, 3.8) is 0 Å². The number of carbonyl (C=O) groups is 1. The van der Waals surface area contributed by atoms with Crippen LogP contribution >= 0.6 is 12.4 Å². The highest BCUT2D eigenvalue weighted by molar-refractivity contribution is 5.92. The summed E-state index contributed by atoms with van der Waals surface area (Å²) in [5.74, 6) is 1.14. The topological polar surface area (TPSA) is 75.0 Å². The van der Waals surface area contributed by atoms with Crippen molar-refractivity contribution in [3.8, 4) is 0 Å². The summed E-state index contributed by atoms with van der Waals surface area (Å²) in [7, 11) is 0. The van der Waals surface area contributed by atoms with Crippen LogP contribution in [0.4, 0.5) is 0 Å². The first kappa shape index (κ1) is 13.4. The van der Waals surface area contributed by atoms with Gasteiger partial charge in [-0.05, 0) is 37.7 Å². The van der Waals surface area contributed by atoms with E-state index < -0.39 is 0 Å².